The molecule has 1 atom stereocenters. The molecule has 0 N–H and O–H groups in total. The monoisotopic (exact) mass is 141 g/mol. The summed E-state index contributed by atoms with van der Waals surface area (Å²) in [6.45, 7) is 3.08. The van der Waals surface area contributed by atoms with Gasteiger partial charge in [0.1, 0.15) is 0 Å². The zero-order chi connectivity index (χ0) is 7.49. The molecule has 1 nitrogen and oxygen atoms in total. The van der Waals surface area contributed by atoms with Crippen LogP contribution >= 0.6 is 0 Å². The number of alkyl halides is 3. The number of hydrogen-bond donors (Lipinski definition) is 0. The smallest absolute Gasteiger partial charge is 0.372 e. The van der Waals surface area contributed by atoms with Gasteiger partial charge in [-0.05, 0) is 6.42 Å². The van der Waals surface area contributed by atoms with Crippen molar-refractivity contribution in [1.82, 2.24) is 0 Å². The lowest BCUT2D eigenvalue weighted by molar-refractivity contribution is -0.211. The summed E-state index contributed by atoms with van der Waals surface area (Å²) in [4.78, 5) is 0. The summed E-state index contributed by atoms with van der Waals surface area (Å²) >= 11 is 0. The highest BCUT2D eigenvalue weighted by Crippen LogP contribution is 2.23. The Hall–Kier alpha value is -0.250. The molecule has 0 aliphatic rings. The van der Waals surface area contributed by atoms with E-state index in [-0.39, 0.29) is 6.42 Å². The second-order valence-electron chi connectivity index (χ2n) is 1.55. The molecule has 0 saturated heterocycles. The molecule has 0 aromatic rings. The third-order valence-corrected chi connectivity index (χ3v) is 0.912. The third-order valence-electron chi connectivity index (χ3n) is 0.912. The fraction of sp³-hybridized carbons (Fsp3) is 0.800. The lowest BCUT2D eigenvalue weighted by Gasteiger charge is -2.15. The summed E-state index contributed by atoms with van der Waals surface area (Å²) in [5, 5.41) is 0. The highest BCUT2D eigenvalue weighted by Gasteiger charge is 2.38. The average Bonchev–Trinajstić information content (AvgIpc) is 1.65. The van der Waals surface area contributed by atoms with E-state index < -0.39 is 12.3 Å². The SMILES string of the molecule is [CH2]CC(OC)C(F)(F)F. The number of ether oxygens (including phenoxy) is 1. The van der Waals surface area contributed by atoms with E-state index in [9.17, 15) is 13.2 Å². The van der Waals surface area contributed by atoms with Crippen LogP contribution in [0.2, 0.25) is 0 Å². The maximum atomic E-state index is 11.6. The number of rotatable bonds is 2. The topological polar surface area (TPSA) is 9.23 Å². The van der Waals surface area contributed by atoms with Crippen LogP contribution < -0.4 is 0 Å². The minimum absolute atomic E-state index is 0.278. The second kappa shape index (κ2) is 3.06. The highest BCUT2D eigenvalue weighted by molar-refractivity contribution is 4.67. The van der Waals surface area contributed by atoms with Crippen LogP contribution in [0.1, 0.15) is 6.42 Å². The predicted octanol–water partition coefficient (Wildman–Crippen LogP) is 1.79. The molecule has 1 radical (unpaired) electrons. The molecule has 4 heteroatoms. The minimum Gasteiger partial charge on any atom is -0.372 e. The Morgan fingerprint density at radius 2 is 2.00 bits per heavy atom. The molecular formula is C5H8F3O. The standard InChI is InChI=1S/C5H8F3O/c1-3-4(9-2)5(6,7)8/h4H,1,3H2,2H3. The van der Waals surface area contributed by atoms with Gasteiger partial charge in [0, 0.05) is 7.11 Å². The van der Waals surface area contributed by atoms with Crippen LogP contribution in [0, 0.1) is 6.92 Å². The Morgan fingerprint density at radius 1 is 1.56 bits per heavy atom. The molecule has 0 spiro atoms. The summed E-state index contributed by atoms with van der Waals surface area (Å²) in [6, 6.07) is 0. The van der Waals surface area contributed by atoms with Crippen molar-refractivity contribution in [3.05, 3.63) is 6.92 Å². The zero-order valence-corrected chi connectivity index (χ0v) is 5.03. The molecule has 0 rings (SSSR count). The Labute approximate surface area is 51.8 Å². The normalized spacial score (nSPS) is 15.7. The molecule has 55 valence electrons. The van der Waals surface area contributed by atoms with Crippen molar-refractivity contribution in [1.29, 1.82) is 0 Å². The van der Waals surface area contributed by atoms with Gasteiger partial charge in [-0.2, -0.15) is 13.2 Å². The Balaban J connectivity index is 3.79. The third kappa shape index (κ3) is 2.70. The van der Waals surface area contributed by atoms with Crippen molar-refractivity contribution in [3.8, 4) is 0 Å². The van der Waals surface area contributed by atoms with Crippen LogP contribution in [0.4, 0.5) is 13.2 Å². The summed E-state index contributed by atoms with van der Waals surface area (Å²) in [7, 11) is 1.02. The fourth-order valence-electron chi connectivity index (χ4n) is 0.415. The van der Waals surface area contributed by atoms with Crippen LogP contribution in [0.5, 0.6) is 0 Å². The quantitative estimate of drug-likeness (QED) is 0.569. The molecule has 0 aromatic carbocycles. The van der Waals surface area contributed by atoms with Crippen molar-refractivity contribution in [3.63, 3.8) is 0 Å². The van der Waals surface area contributed by atoms with Gasteiger partial charge >= 0.3 is 6.18 Å². The summed E-state index contributed by atoms with van der Waals surface area (Å²) < 4.78 is 38.7. The first-order valence-corrected chi connectivity index (χ1v) is 2.41. The molecule has 0 heterocycles. The van der Waals surface area contributed by atoms with Gasteiger partial charge in [-0.25, -0.2) is 0 Å². The van der Waals surface area contributed by atoms with Crippen LogP contribution in [0.25, 0.3) is 0 Å². The van der Waals surface area contributed by atoms with Crippen LogP contribution in [0.15, 0.2) is 0 Å². The zero-order valence-electron chi connectivity index (χ0n) is 5.03. The van der Waals surface area contributed by atoms with Gasteiger partial charge < -0.3 is 4.74 Å². The average molecular weight is 141 g/mol. The molecule has 0 fully saturated rings. The van der Waals surface area contributed by atoms with Gasteiger partial charge in [0.25, 0.3) is 0 Å². The van der Waals surface area contributed by atoms with E-state index in [2.05, 4.69) is 11.7 Å². The van der Waals surface area contributed by atoms with E-state index in [0.29, 0.717) is 0 Å². The Bertz CT molecular complexity index is 74.8. The molecular weight excluding hydrogens is 133 g/mol. The van der Waals surface area contributed by atoms with Gasteiger partial charge in [0.15, 0.2) is 6.10 Å². The molecule has 0 bridgehead atoms. The summed E-state index contributed by atoms with van der Waals surface area (Å²) in [6.07, 6.45) is -6.26. The highest BCUT2D eigenvalue weighted by atomic mass is 19.4. The minimum atomic E-state index is -4.27. The van der Waals surface area contributed by atoms with Gasteiger partial charge in [-0.3, -0.25) is 0 Å². The van der Waals surface area contributed by atoms with Crippen molar-refractivity contribution in [2.24, 2.45) is 0 Å². The Morgan fingerprint density at radius 3 is 2.00 bits per heavy atom. The lowest BCUT2D eigenvalue weighted by atomic mass is 10.3. The van der Waals surface area contributed by atoms with Crippen molar-refractivity contribution in [2.45, 2.75) is 18.7 Å². The summed E-state index contributed by atoms with van der Waals surface area (Å²) in [5.74, 6) is 0. The van der Waals surface area contributed by atoms with Gasteiger partial charge in [0.05, 0.1) is 0 Å². The second-order valence-corrected chi connectivity index (χ2v) is 1.55. The first kappa shape index (κ1) is 8.75. The van der Waals surface area contributed by atoms with E-state index >= 15 is 0 Å². The van der Waals surface area contributed by atoms with Crippen molar-refractivity contribution in [2.75, 3.05) is 7.11 Å². The van der Waals surface area contributed by atoms with E-state index in [1.165, 1.54) is 0 Å². The van der Waals surface area contributed by atoms with Gasteiger partial charge in [-0.15, -0.1) is 0 Å². The van der Waals surface area contributed by atoms with Gasteiger partial charge in [-0.1, -0.05) is 6.92 Å². The predicted molar refractivity (Wildman–Crippen MR) is 26.8 cm³/mol. The van der Waals surface area contributed by atoms with Crippen LogP contribution in [0.3, 0.4) is 0 Å². The maximum absolute atomic E-state index is 11.6. The van der Waals surface area contributed by atoms with E-state index in [4.69, 9.17) is 0 Å². The molecule has 0 amide bonds. The van der Waals surface area contributed by atoms with Crippen LogP contribution in [-0.2, 0) is 4.74 Å². The Kier molecular flexibility index (Phi) is 2.97. The van der Waals surface area contributed by atoms with E-state index in [1.807, 2.05) is 0 Å². The fourth-order valence-corrected chi connectivity index (χ4v) is 0.415. The molecule has 9 heavy (non-hydrogen) atoms. The molecule has 1 unspecified atom stereocenters. The number of halogens is 3. The van der Waals surface area contributed by atoms with Crippen LogP contribution in [-0.4, -0.2) is 19.4 Å². The van der Waals surface area contributed by atoms with Gasteiger partial charge in [0.2, 0.25) is 0 Å². The number of hydrogen-bond acceptors (Lipinski definition) is 1. The molecule has 0 saturated carbocycles. The van der Waals surface area contributed by atoms with Crippen molar-refractivity contribution < 1.29 is 17.9 Å². The first-order valence-electron chi connectivity index (χ1n) is 2.41. The lowest BCUT2D eigenvalue weighted by Crippen LogP contribution is -2.29. The molecule has 0 aliphatic carbocycles. The largest absolute Gasteiger partial charge is 0.414 e. The van der Waals surface area contributed by atoms with Crippen molar-refractivity contribution >= 4 is 0 Å². The summed E-state index contributed by atoms with van der Waals surface area (Å²) in [5.41, 5.74) is 0. The number of methoxy groups -OCH3 is 1. The van der Waals surface area contributed by atoms with E-state index in [1.54, 1.807) is 0 Å². The van der Waals surface area contributed by atoms with E-state index in [0.717, 1.165) is 7.11 Å². The molecule has 0 aromatic heterocycles. The first-order chi connectivity index (χ1) is 4.02. The molecule has 0 aliphatic heterocycles. The maximum Gasteiger partial charge on any atom is 0.414 e.